The van der Waals surface area contributed by atoms with Crippen LogP contribution in [0.4, 0.5) is 22.0 Å². The van der Waals surface area contributed by atoms with Crippen molar-refractivity contribution in [1.29, 1.82) is 0 Å². The molecule has 0 unspecified atom stereocenters. The average Bonchev–Trinajstić information content (AvgIpc) is 2.88. The van der Waals surface area contributed by atoms with Gasteiger partial charge in [-0.2, -0.15) is 8.78 Å². The Morgan fingerprint density at radius 1 is 0.514 bits per heavy atom. The third kappa shape index (κ3) is 3.38. The lowest BCUT2D eigenvalue weighted by molar-refractivity contribution is 0.334. The van der Waals surface area contributed by atoms with Gasteiger partial charge >= 0.3 is 0 Å². The highest BCUT2D eigenvalue weighted by molar-refractivity contribution is 6.21. The van der Waals surface area contributed by atoms with Crippen LogP contribution < -0.4 is 9.47 Å². The predicted molar refractivity (Wildman–Crippen MR) is 125 cm³/mol. The molecule has 0 N–H and O–H groups in total. The van der Waals surface area contributed by atoms with Crippen LogP contribution >= 0.6 is 0 Å². The maximum atomic E-state index is 15.4. The van der Waals surface area contributed by atoms with Gasteiger partial charge in [-0.25, -0.2) is 13.2 Å². The summed E-state index contributed by atoms with van der Waals surface area (Å²) in [5.74, 6) is -7.84. The van der Waals surface area contributed by atoms with Crippen LogP contribution in [-0.4, -0.2) is 14.2 Å². The number of methoxy groups -OCH3 is 2. The second-order valence-corrected chi connectivity index (χ2v) is 7.85. The number of halogens is 5. The van der Waals surface area contributed by atoms with Gasteiger partial charge in [0.2, 0.25) is 11.6 Å². The number of hydrogen-bond acceptors (Lipinski definition) is 2. The molecule has 0 atom stereocenters. The summed E-state index contributed by atoms with van der Waals surface area (Å²) in [6.07, 6.45) is 0. The molecule has 0 aliphatic carbocycles. The minimum absolute atomic E-state index is 0.0572. The highest BCUT2D eigenvalue weighted by Crippen LogP contribution is 2.47. The maximum Gasteiger partial charge on any atom is 0.204 e. The molecule has 5 rings (SSSR count). The van der Waals surface area contributed by atoms with Crippen molar-refractivity contribution in [3.05, 3.63) is 95.8 Å². The molecule has 0 heterocycles. The Labute approximate surface area is 197 Å². The molecule has 0 radical (unpaired) electrons. The molecule has 0 aliphatic heterocycles. The number of rotatable bonds is 4. The lowest BCUT2D eigenvalue weighted by Crippen LogP contribution is -2.05. The van der Waals surface area contributed by atoms with Crippen molar-refractivity contribution in [3.8, 4) is 33.8 Å². The Kier molecular flexibility index (Phi) is 5.55. The molecule has 2 nitrogen and oxygen atoms in total. The molecule has 176 valence electrons. The highest BCUT2D eigenvalue weighted by Gasteiger charge is 2.30. The number of hydrogen-bond donors (Lipinski definition) is 0. The van der Waals surface area contributed by atoms with Gasteiger partial charge in [0.1, 0.15) is 11.6 Å². The number of ether oxygens (including phenoxy) is 2. The first kappa shape index (κ1) is 22.7. The summed E-state index contributed by atoms with van der Waals surface area (Å²) in [6.45, 7) is 0. The molecular weight excluding hydrogens is 463 g/mol. The second kappa shape index (κ2) is 8.58. The van der Waals surface area contributed by atoms with Crippen molar-refractivity contribution in [3.63, 3.8) is 0 Å². The van der Waals surface area contributed by atoms with E-state index in [1.54, 1.807) is 48.5 Å². The largest absolute Gasteiger partial charge is 0.497 e. The fourth-order valence-electron chi connectivity index (χ4n) is 4.52. The molecule has 5 aromatic rings. The van der Waals surface area contributed by atoms with Crippen LogP contribution in [0.5, 0.6) is 11.5 Å². The Balaban J connectivity index is 2.01. The fourth-order valence-corrected chi connectivity index (χ4v) is 4.52. The van der Waals surface area contributed by atoms with Crippen LogP contribution in [-0.2, 0) is 0 Å². The third-order valence-corrected chi connectivity index (χ3v) is 6.05. The van der Waals surface area contributed by atoms with Crippen LogP contribution in [0.25, 0.3) is 43.8 Å². The van der Waals surface area contributed by atoms with Crippen molar-refractivity contribution < 1.29 is 31.4 Å². The van der Waals surface area contributed by atoms with Crippen molar-refractivity contribution >= 4 is 21.5 Å². The first-order valence-corrected chi connectivity index (χ1v) is 10.6. The van der Waals surface area contributed by atoms with Crippen molar-refractivity contribution in [2.45, 2.75) is 0 Å². The van der Waals surface area contributed by atoms with E-state index in [0.29, 0.717) is 22.3 Å². The molecule has 0 saturated carbocycles. The molecule has 7 heteroatoms. The van der Waals surface area contributed by atoms with E-state index >= 15 is 13.2 Å². The van der Waals surface area contributed by atoms with Gasteiger partial charge in [-0.15, -0.1) is 0 Å². The van der Waals surface area contributed by atoms with Crippen LogP contribution in [0.2, 0.25) is 0 Å². The topological polar surface area (TPSA) is 18.5 Å². The zero-order valence-electron chi connectivity index (χ0n) is 18.6. The van der Waals surface area contributed by atoms with E-state index in [9.17, 15) is 8.78 Å². The molecule has 0 fully saturated rings. The van der Waals surface area contributed by atoms with Gasteiger partial charge in [0.05, 0.1) is 19.8 Å². The summed E-state index contributed by atoms with van der Waals surface area (Å²) in [4.78, 5) is 0. The molecule has 0 saturated heterocycles. The second-order valence-electron chi connectivity index (χ2n) is 7.85. The van der Waals surface area contributed by atoms with E-state index < -0.39 is 40.4 Å². The lowest BCUT2D eigenvalue weighted by atomic mass is 9.85. The van der Waals surface area contributed by atoms with Crippen LogP contribution in [0, 0.1) is 29.1 Å². The molecule has 35 heavy (non-hydrogen) atoms. The van der Waals surface area contributed by atoms with E-state index in [1.807, 2.05) is 0 Å². The zero-order chi connectivity index (χ0) is 24.9. The van der Waals surface area contributed by atoms with Crippen LogP contribution in [0.1, 0.15) is 0 Å². The van der Waals surface area contributed by atoms with Gasteiger partial charge in [-0.3, -0.25) is 0 Å². The van der Waals surface area contributed by atoms with Gasteiger partial charge in [0, 0.05) is 16.5 Å². The van der Waals surface area contributed by atoms with Crippen LogP contribution in [0.15, 0.2) is 66.7 Å². The summed E-state index contributed by atoms with van der Waals surface area (Å²) in [5, 5.41) is 0.886. The summed E-state index contributed by atoms with van der Waals surface area (Å²) in [7, 11) is 2.42. The first-order chi connectivity index (χ1) is 16.9. The Morgan fingerprint density at radius 2 is 1.09 bits per heavy atom. The molecular formula is C28H17F5O2. The van der Waals surface area contributed by atoms with E-state index in [2.05, 4.69) is 4.74 Å². The summed E-state index contributed by atoms with van der Waals surface area (Å²) >= 11 is 0. The van der Waals surface area contributed by atoms with Crippen molar-refractivity contribution in [1.82, 2.24) is 0 Å². The lowest BCUT2D eigenvalue weighted by Gasteiger charge is -2.19. The van der Waals surface area contributed by atoms with E-state index in [-0.39, 0.29) is 21.7 Å². The molecule has 0 amide bonds. The Bertz CT molecular complexity index is 1580. The van der Waals surface area contributed by atoms with E-state index in [0.717, 1.165) is 7.11 Å². The molecule has 0 aromatic heterocycles. The van der Waals surface area contributed by atoms with Gasteiger partial charge in [0.25, 0.3) is 0 Å². The summed E-state index contributed by atoms with van der Waals surface area (Å²) in [6, 6.07) is 17.5. The maximum absolute atomic E-state index is 15.4. The Hall–Kier alpha value is -4.13. The van der Waals surface area contributed by atoms with Crippen molar-refractivity contribution in [2.75, 3.05) is 14.2 Å². The standard InChI is InChI=1S/C28H17F5O2/c1-34-15-12-10-14(11-13-15)20-16-6-3-4-7-17(16)21(18-8-5-9-19(29)22(18)20)23-24(30)26(32)28(35-2)27(33)25(23)31/h3-13H,1-2H3. The number of benzene rings is 5. The normalized spacial score (nSPS) is 11.3. The van der Waals surface area contributed by atoms with Gasteiger partial charge < -0.3 is 9.47 Å². The van der Waals surface area contributed by atoms with E-state index in [4.69, 9.17) is 4.74 Å². The van der Waals surface area contributed by atoms with Crippen LogP contribution in [0.3, 0.4) is 0 Å². The highest BCUT2D eigenvalue weighted by atomic mass is 19.2. The minimum Gasteiger partial charge on any atom is -0.497 e. The zero-order valence-corrected chi connectivity index (χ0v) is 18.6. The monoisotopic (exact) mass is 480 g/mol. The first-order valence-electron chi connectivity index (χ1n) is 10.6. The number of fused-ring (bicyclic) bond motifs is 2. The fraction of sp³-hybridized carbons (Fsp3) is 0.0714. The average molecular weight is 480 g/mol. The van der Waals surface area contributed by atoms with E-state index in [1.165, 1.54) is 25.3 Å². The molecule has 0 bridgehead atoms. The van der Waals surface area contributed by atoms with Gasteiger partial charge in [-0.1, -0.05) is 48.5 Å². The molecule has 0 spiro atoms. The smallest absolute Gasteiger partial charge is 0.204 e. The molecule has 0 aliphatic rings. The van der Waals surface area contributed by atoms with Gasteiger partial charge in [0.15, 0.2) is 17.4 Å². The minimum atomic E-state index is -1.67. The van der Waals surface area contributed by atoms with Crippen molar-refractivity contribution in [2.24, 2.45) is 0 Å². The Morgan fingerprint density at radius 3 is 1.66 bits per heavy atom. The summed E-state index contributed by atoms with van der Waals surface area (Å²) in [5.41, 5.74) is -0.0104. The summed E-state index contributed by atoms with van der Waals surface area (Å²) < 4.78 is 85.0. The third-order valence-electron chi connectivity index (χ3n) is 6.05. The van der Waals surface area contributed by atoms with Gasteiger partial charge in [-0.05, 0) is 39.9 Å². The predicted octanol–water partition coefficient (Wildman–Crippen LogP) is 8.04. The SMILES string of the molecule is COc1ccc(-c2c3ccccc3c(-c3c(F)c(F)c(OC)c(F)c3F)c3cccc(F)c23)cc1. The molecule has 5 aromatic carbocycles. The quantitative estimate of drug-likeness (QED) is 0.147.